The number of ether oxygens (including phenoxy) is 1. The number of furan rings is 1. The minimum Gasteiger partial charge on any atom is -0.496 e. The van der Waals surface area contributed by atoms with Crippen LogP contribution in [0.25, 0.3) is 11.3 Å². The summed E-state index contributed by atoms with van der Waals surface area (Å²) in [5.74, 6) is 1.49. The second-order valence-corrected chi connectivity index (χ2v) is 5.37. The summed E-state index contributed by atoms with van der Waals surface area (Å²) in [6.07, 6.45) is 2.48. The van der Waals surface area contributed by atoms with Gasteiger partial charge in [0.15, 0.2) is 0 Å². The molecule has 2 aromatic heterocycles. The van der Waals surface area contributed by atoms with Crippen LogP contribution in [0.3, 0.4) is 0 Å². The molecule has 28 heavy (non-hydrogen) atoms. The van der Waals surface area contributed by atoms with Gasteiger partial charge >= 0.3 is 0 Å². The van der Waals surface area contributed by atoms with Crippen molar-refractivity contribution < 1.29 is 19.0 Å². The Balaban J connectivity index is 1.75. The molecule has 0 aliphatic rings. The monoisotopic (exact) mass is 383 g/mol. The summed E-state index contributed by atoms with van der Waals surface area (Å²) in [5, 5.41) is 25.5. The Morgan fingerprint density at radius 1 is 1.11 bits per heavy atom. The lowest BCUT2D eigenvalue weighted by atomic mass is 10.1. The van der Waals surface area contributed by atoms with E-state index in [9.17, 15) is 20.2 Å². The number of nitro groups is 2. The molecule has 142 valence electrons. The van der Waals surface area contributed by atoms with Gasteiger partial charge in [-0.05, 0) is 24.3 Å². The molecule has 0 atom stereocenters. The summed E-state index contributed by atoms with van der Waals surface area (Å²) in [6, 6.07) is 10.2. The molecule has 11 nitrogen and oxygen atoms in total. The van der Waals surface area contributed by atoms with E-state index in [-0.39, 0.29) is 11.4 Å². The number of hydrogen-bond donors (Lipinski definition) is 1. The first-order chi connectivity index (χ1) is 13.5. The van der Waals surface area contributed by atoms with Crippen molar-refractivity contribution >= 4 is 23.4 Å². The highest BCUT2D eigenvalue weighted by molar-refractivity contribution is 5.79. The number of non-ortho nitro benzene ring substituents is 1. The first-order valence-corrected chi connectivity index (χ1v) is 7.80. The summed E-state index contributed by atoms with van der Waals surface area (Å²) in [7, 11) is 1.46. The van der Waals surface area contributed by atoms with E-state index in [1.54, 1.807) is 12.1 Å². The van der Waals surface area contributed by atoms with E-state index in [1.807, 2.05) is 0 Å². The zero-order chi connectivity index (χ0) is 20.1. The fourth-order valence-electron chi connectivity index (χ4n) is 2.29. The third-order valence-corrected chi connectivity index (χ3v) is 3.62. The quantitative estimate of drug-likeness (QED) is 0.370. The Labute approximate surface area is 157 Å². The third-order valence-electron chi connectivity index (χ3n) is 3.62. The zero-order valence-corrected chi connectivity index (χ0v) is 14.4. The molecule has 0 saturated carbocycles. The first kappa shape index (κ1) is 18.5. The summed E-state index contributed by atoms with van der Waals surface area (Å²) in [4.78, 5) is 24.4. The van der Waals surface area contributed by atoms with Crippen molar-refractivity contribution in [2.24, 2.45) is 5.10 Å². The standard InChI is InChI=1S/C17H13N5O6/c1-27-15-5-2-11(21(23)24)8-14(15)16-6-4-13(28-16)10-19-20-17-7-3-12(9-18-17)22(25)26/h2-10H,1H3,(H,18,20). The van der Waals surface area contributed by atoms with Gasteiger partial charge in [0.2, 0.25) is 0 Å². The SMILES string of the molecule is COc1ccc([N+](=O)[O-])cc1-c1ccc(C=NNc2ccc([N+](=O)[O-])cn2)o1. The molecular weight excluding hydrogens is 370 g/mol. The van der Waals surface area contributed by atoms with Gasteiger partial charge in [-0.15, -0.1) is 0 Å². The second kappa shape index (κ2) is 7.95. The number of methoxy groups -OCH3 is 1. The summed E-state index contributed by atoms with van der Waals surface area (Å²) in [6.45, 7) is 0. The lowest BCUT2D eigenvalue weighted by molar-refractivity contribution is -0.385. The Kier molecular flexibility index (Phi) is 5.25. The third kappa shape index (κ3) is 4.09. The molecule has 0 saturated heterocycles. The minimum atomic E-state index is -0.549. The fourth-order valence-corrected chi connectivity index (χ4v) is 2.29. The summed E-state index contributed by atoms with van der Waals surface area (Å²) < 4.78 is 10.9. The van der Waals surface area contributed by atoms with Crippen molar-refractivity contribution in [2.75, 3.05) is 12.5 Å². The number of nitrogens with one attached hydrogen (secondary N) is 1. The number of nitro benzene ring substituents is 1. The molecule has 0 unspecified atom stereocenters. The Morgan fingerprint density at radius 2 is 1.86 bits per heavy atom. The van der Waals surface area contributed by atoms with Crippen LogP contribution in [0.1, 0.15) is 5.76 Å². The molecule has 11 heteroatoms. The van der Waals surface area contributed by atoms with E-state index >= 15 is 0 Å². The fraction of sp³-hybridized carbons (Fsp3) is 0.0588. The topological polar surface area (TPSA) is 146 Å². The number of nitrogens with zero attached hydrogens (tertiary/aromatic N) is 4. The lowest BCUT2D eigenvalue weighted by Gasteiger charge is -2.05. The number of rotatable bonds is 7. The molecule has 1 aromatic carbocycles. The Morgan fingerprint density at radius 3 is 2.50 bits per heavy atom. The Hall–Kier alpha value is -4.28. The van der Waals surface area contributed by atoms with Crippen LogP contribution in [0, 0.1) is 20.2 Å². The maximum Gasteiger partial charge on any atom is 0.287 e. The second-order valence-electron chi connectivity index (χ2n) is 5.37. The number of benzene rings is 1. The molecule has 0 fully saturated rings. The molecule has 0 radical (unpaired) electrons. The van der Waals surface area contributed by atoms with E-state index in [4.69, 9.17) is 9.15 Å². The lowest BCUT2D eigenvalue weighted by Crippen LogP contribution is -1.94. The van der Waals surface area contributed by atoms with Crippen LogP contribution < -0.4 is 10.2 Å². The van der Waals surface area contributed by atoms with Crippen molar-refractivity contribution in [2.45, 2.75) is 0 Å². The van der Waals surface area contributed by atoms with Crippen LogP contribution in [0.2, 0.25) is 0 Å². The van der Waals surface area contributed by atoms with Gasteiger partial charge in [-0.25, -0.2) is 4.98 Å². The average Bonchev–Trinajstić information content (AvgIpc) is 3.16. The smallest absolute Gasteiger partial charge is 0.287 e. The highest BCUT2D eigenvalue weighted by Crippen LogP contribution is 2.34. The number of aromatic nitrogens is 1. The highest BCUT2D eigenvalue weighted by atomic mass is 16.6. The van der Waals surface area contributed by atoms with E-state index in [0.29, 0.717) is 28.7 Å². The maximum atomic E-state index is 11.0. The zero-order valence-electron chi connectivity index (χ0n) is 14.4. The van der Waals surface area contributed by atoms with Crippen LogP contribution in [-0.4, -0.2) is 28.2 Å². The van der Waals surface area contributed by atoms with Gasteiger partial charge in [0, 0.05) is 18.2 Å². The molecule has 3 rings (SSSR count). The van der Waals surface area contributed by atoms with Crippen molar-refractivity contribution in [3.05, 3.63) is 74.7 Å². The van der Waals surface area contributed by atoms with Crippen molar-refractivity contribution in [1.82, 2.24) is 4.98 Å². The van der Waals surface area contributed by atoms with Crippen LogP contribution in [0.4, 0.5) is 17.2 Å². The van der Waals surface area contributed by atoms with E-state index in [2.05, 4.69) is 15.5 Å². The summed E-state index contributed by atoms with van der Waals surface area (Å²) in [5.41, 5.74) is 2.83. The van der Waals surface area contributed by atoms with Crippen LogP contribution in [0.5, 0.6) is 5.75 Å². The predicted molar refractivity (Wildman–Crippen MR) is 99.5 cm³/mol. The molecule has 0 spiro atoms. The molecular formula is C17H13N5O6. The summed E-state index contributed by atoms with van der Waals surface area (Å²) >= 11 is 0. The first-order valence-electron chi connectivity index (χ1n) is 7.80. The van der Waals surface area contributed by atoms with Gasteiger partial charge in [-0.3, -0.25) is 25.7 Å². The molecule has 0 amide bonds. The van der Waals surface area contributed by atoms with Crippen LogP contribution in [0.15, 0.2) is 58.2 Å². The number of hydrogen-bond acceptors (Lipinski definition) is 9. The van der Waals surface area contributed by atoms with Crippen LogP contribution >= 0.6 is 0 Å². The predicted octanol–water partition coefficient (Wildman–Crippen LogP) is 3.61. The molecule has 3 aromatic rings. The highest BCUT2D eigenvalue weighted by Gasteiger charge is 2.15. The maximum absolute atomic E-state index is 11.0. The van der Waals surface area contributed by atoms with Gasteiger partial charge in [0.1, 0.15) is 29.3 Å². The van der Waals surface area contributed by atoms with Crippen LogP contribution in [-0.2, 0) is 0 Å². The number of pyridine rings is 1. The molecule has 0 aliphatic heterocycles. The van der Waals surface area contributed by atoms with Crippen molar-refractivity contribution in [1.29, 1.82) is 0 Å². The van der Waals surface area contributed by atoms with Crippen molar-refractivity contribution in [3.8, 4) is 17.1 Å². The van der Waals surface area contributed by atoms with E-state index < -0.39 is 9.85 Å². The minimum absolute atomic E-state index is 0.0895. The normalized spacial score (nSPS) is 10.8. The van der Waals surface area contributed by atoms with Gasteiger partial charge in [0.05, 0.1) is 28.7 Å². The average molecular weight is 383 g/mol. The van der Waals surface area contributed by atoms with E-state index in [1.165, 1.54) is 43.7 Å². The van der Waals surface area contributed by atoms with Gasteiger partial charge in [-0.1, -0.05) is 0 Å². The molecule has 0 aliphatic carbocycles. The van der Waals surface area contributed by atoms with Crippen molar-refractivity contribution in [3.63, 3.8) is 0 Å². The molecule has 1 N–H and O–H groups in total. The number of anilines is 1. The Bertz CT molecular complexity index is 1040. The van der Waals surface area contributed by atoms with E-state index in [0.717, 1.165) is 6.20 Å². The van der Waals surface area contributed by atoms with Gasteiger partial charge in [-0.2, -0.15) is 5.10 Å². The van der Waals surface area contributed by atoms with Gasteiger partial charge < -0.3 is 9.15 Å². The molecule has 0 bridgehead atoms. The number of hydrazone groups is 1. The largest absolute Gasteiger partial charge is 0.496 e. The van der Waals surface area contributed by atoms with Gasteiger partial charge in [0.25, 0.3) is 11.4 Å². The molecule has 2 heterocycles.